The van der Waals surface area contributed by atoms with Crippen molar-refractivity contribution in [3.63, 3.8) is 0 Å². The summed E-state index contributed by atoms with van der Waals surface area (Å²) in [4.78, 5) is 34.5. The third kappa shape index (κ3) is 4.90. The smallest absolute Gasteiger partial charge is 0.340 e. The van der Waals surface area contributed by atoms with Crippen LogP contribution >= 0.6 is 50.7 Å². The highest BCUT2D eigenvalue weighted by molar-refractivity contribution is 9.10. The van der Waals surface area contributed by atoms with E-state index >= 15 is 0 Å². The van der Waals surface area contributed by atoms with E-state index in [2.05, 4.69) is 20.7 Å². The summed E-state index contributed by atoms with van der Waals surface area (Å²) in [6.07, 6.45) is 0. The van der Waals surface area contributed by atoms with Gasteiger partial charge in [-0.2, -0.15) is 0 Å². The zero-order valence-electron chi connectivity index (χ0n) is 11.0. The molecule has 126 valence electrons. The summed E-state index contributed by atoms with van der Waals surface area (Å²) in [5.74, 6) is -4.85. The van der Waals surface area contributed by atoms with Gasteiger partial charge in [-0.25, -0.2) is 18.4 Å². The number of anilines is 1. The Labute approximate surface area is 151 Å². The quantitative estimate of drug-likeness (QED) is 0.407. The number of alkyl halides is 3. The van der Waals surface area contributed by atoms with Gasteiger partial charge in [0.25, 0.3) is 9.70 Å². The normalized spacial score (nSPS) is 10.9. The maximum Gasteiger partial charge on any atom is 0.340 e. The Kier molecular flexibility index (Phi) is 6.58. The van der Waals surface area contributed by atoms with Crippen LogP contribution in [0.5, 0.6) is 0 Å². The topological polar surface area (TPSA) is 84.5 Å². The summed E-state index contributed by atoms with van der Waals surface area (Å²) in [7, 11) is 0.969. The van der Waals surface area contributed by atoms with Crippen LogP contribution in [0.4, 0.5) is 19.3 Å². The van der Waals surface area contributed by atoms with Gasteiger partial charge in [0.2, 0.25) is 0 Å². The van der Waals surface area contributed by atoms with Crippen LogP contribution in [0.1, 0.15) is 10.4 Å². The molecule has 0 bridgehead atoms. The second-order valence-electron chi connectivity index (χ2n) is 3.81. The van der Waals surface area contributed by atoms with Crippen molar-refractivity contribution in [2.24, 2.45) is 0 Å². The van der Waals surface area contributed by atoms with E-state index < -0.39 is 49.1 Å². The van der Waals surface area contributed by atoms with Crippen LogP contribution in [-0.4, -0.2) is 28.8 Å². The molecule has 0 aliphatic rings. The highest BCUT2D eigenvalue weighted by Crippen LogP contribution is 2.30. The van der Waals surface area contributed by atoms with Gasteiger partial charge in [-0.3, -0.25) is 10.1 Å². The highest BCUT2D eigenvalue weighted by atomic mass is 79.9. The largest absolute Gasteiger partial charge is 0.465 e. The predicted octanol–water partition coefficient (Wildman–Crippen LogP) is 3.53. The van der Waals surface area contributed by atoms with Gasteiger partial charge in [-0.15, -0.1) is 0 Å². The molecule has 1 aromatic carbocycles. The Hall–Kier alpha value is -1.16. The molecule has 6 nitrogen and oxygen atoms in total. The van der Waals surface area contributed by atoms with Gasteiger partial charge in [0, 0.05) is 0 Å². The van der Waals surface area contributed by atoms with Crippen LogP contribution < -0.4 is 10.6 Å². The Balaban J connectivity index is 3.17. The Morgan fingerprint density at radius 3 is 2.30 bits per heavy atom. The summed E-state index contributed by atoms with van der Waals surface area (Å²) in [5, 5.41) is 3.45. The standard InChI is InChI=1S/C11H6BrCl3F2N2O4/c1-23-8(20)3-2-4(16)5(12)6(17)7(3)18-10(22)19-9(21)11(13,14)15/h2H,1H3,(H2,18,19,21,22). The van der Waals surface area contributed by atoms with Crippen molar-refractivity contribution in [1.82, 2.24) is 5.32 Å². The van der Waals surface area contributed by atoms with Gasteiger partial charge in [0.1, 0.15) is 5.82 Å². The Morgan fingerprint density at radius 1 is 1.26 bits per heavy atom. The van der Waals surface area contributed by atoms with Crippen LogP contribution in [-0.2, 0) is 9.53 Å². The molecule has 3 amide bonds. The summed E-state index contributed by atoms with van der Waals surface area (Å²) >= 11 is 18.3. The summed E-state index contributed by atoms with van der Waals surface area (Å²) in [6, 6.07) is -0.686. The third-order valence-electron chi connectivity index (χ3n) is 2.29. The fourth-order valence-corrected chi connectivity index (χ4v) is 1.76. The first-order chi connectivity index (χ1) is 10.5. The van der Waals surface area contributed by atoms with Crippen LogP contribution in [0, 0.1) is 11.6 Å². The van der Waals surface area contributed by atoms with Crippen molar-refractivity contribution in [1.29, 1.82) is 0 Å². The molecule has 0 atom stereocenters. The maximum absolute atomic E-state index is 14.1. The third-order valence-corrected chi connectivity index (χ3v) is 3.53. The van der Waals surface area contributed by atoms with Crippen molar-refractivity contribution in [2.75, 3.05) is 12.4 Å². The highest BCUT2D eigenvalue weighted by Gasteiger charge is 2.32. The molecule has 2 N–H and O–H groups in total. The number of hydrogen-bond donors (Lipinski definition) is 2. The molecule has 12 heteroatoms. The van der Waals surface area contributed by atoms with E-state index in [9.17, 15) is 23.2 Å². The van der Waals surface area contributed by atoms with Gasteiger partial charge in [0.15, 0.2) is 5.82 Å². The van der Waals surface area contributed by atoms with Crippen molar-refractivity contribution >= 4 is 74.3 Å². The number of ether oxygens (including phenoxy) is 1. The van der Waals surface area contributed by atoms with Crippen molar-refractivity contribution in [2.45, 2.75) is 3.79 Å². The number of urea groups is 1. The van der Waals surface area contributed by atoms with Crippen LogP contribution in [0.15, 0.2) is 10.5 Å². The molecule has 1 aromatic rings. The minimum Gasteiger partial charge on any atom is -0.465 e. The number of methoxy groups -OCH3 is 1. The lowest BCUT2D eigenvalue weighted by atomic mass is 10.1. The Morgan fingerprint density at radius 2 is 1.83 bits per heavy atom. The Bertz CT molecular complexity index is 682. The monoisotopic (exact) mass is 452 g/mol. The van der Waals surface area contributed by atoms with Crippen LogP contribution in [0.2, 0.25) is 0 Å². The van der Waals surface area contributed by atoms with E-state index in [0.717, 1.165) is 7.11 Å². The number of rotatable bonds is 2. The molecule has 0 aliphatic heterocycles. The number of carbonyl (C=O) groups excluding carboxylic acids is 3. The number of carbonyl (C=O) groups is 3. The molecule has 0 aliphatic carbocycles. The average Bonchev–Trinajstić information content (AvgIpc) is 2.45. The molecule has 0 spiro atoms. The van der Waals surface area contributed by atoms with E-state index in [1.165, 1.54) is 0 Å². The zero-order valence-corrected chi connectivity index (χ0v) is 14.8. The number of hydrogen-bond acceptors (Lipinski definition) is 4. The van der Waals surface area contributed by atoms with Crippen LogP contribution in [0.3, 0.4) is 0 Å². The molecule has 1 rings (SSSR count). The van der Waals surface area contributed by atoms with E-state index in [-0.39, 0.29) is 0 Å². The molecule has 0 saturated heterocycles. The number of amides is 3. The molecule has 0 saturated carbocycles. The molecule has 0 radical (unpaired) electrons. The molecule has 0 aromatic heterocycles. The van der Waals surface area contributed by atoms with E-state index in [4.69, 9.17) is 34.8 Å². The number of benzene rings is 1. The lowest BCUT2D eigenvalue weighted by molar-refractivity contribution is -0.119. The lowest BCUT2D eigenvalue weighted by Gasteiger charge is -2.14. The molecule has 0 heterocycles. The number of nitrogens with one attached hydrogen (secondary N) is 2. The van der Waals surface area contributed by atoms with Crippen molar-refractivity contribution < 1.29 is 27.9 Å². The minimum atomic E-state index is -2.44. The van der Waals surface area contributed by atoms with Crippen molar-refractivity contribution in [3.05, 3.63) is 27.7 Å². The maximum atomic E-state index is 14.1. The lowest BCUT2D eigenvalue weighted by Crippen LogP contribution is -2.41. The zero-order chi connectivity index (χ0) is 17.9. The summed E-state index contributed by atoms with van der Waals surface area (Å²) < 4.78 is 28.8. The number of imide groups is 1. The first-order valence-electron chi connectivity index (χ1n) is 5.44. The second kappa shape index (κ2) is 7.61. The molecule has 0 fully saturated rings. The first kappa shape index (κ1) is 19.9. The van der Waals surface area contributed by atoms with Gasteiger partial charge >= 0.3 is 12.0 Å². The number of halogens is 6. The summed E-state index contributed by atoms with van der Waals surface area (Å²) in [5.41, 5.74) is -1.36. The molecular formula is C11H6BrCl3F2N2O4. The first-order valence-corrected chi connectivity index (χ1v) is 7.36. The second-order valence-corrected chi connectivity index (χ2v) is 6.88. The minimum absolute atomic E-state index is 0.623. The number of esters is 1. The van der Waals surface area contributed by atoms with Gasteiger partial charge in [-0.1, -0.05) is 34.8 Å². The van der Waals surface area contributed by atoms with Gasteiger partial charge in [0.05, 0.1) is 22.8 Å². The molecule has 0 unspecified atom stereocenters. The fraction of sp³-hybridized carbons (Fsp3) is 0.182. The average molecular weight is 454 g/mol. The molecule has 23 heavy (non-hydrogen) atoms. The molecular weight excluding hydrogens is 448 g/mol. The SMILES string of the molecule is COC(=O)c1cc(F)c(Br)c(F)c1NC(=O)NC(=O)C(Cl)(Cl)Cl. The predicted molar refractivity (Wildman–Crippen MR) is 82.8 cm³/mol. The van der Waals surface area contributed by atoms with Crippen LogP contribution in [0.25, 0.3) is 0 Å². The van der Waals surface area contributed by atoms with E-state index in [1.807, 2.05) is 5.32 Å². The van der Waals surface area contributed by atoms with Crippen molar-refractivity contribution in [3.8, 4) is 0 Å². The fourth-order valence-electron chi connectivity index (χ4n) is 1.31. The van der Waals surface area contributed by atoms with Gasteiger partial charge < -0.3 is 10.1 Å². The van der Waals surface area contributed by atoms with E-state index in [0.29, 0.717) is 6.07 Å². The van der Waals surface area contributed by atoms with Gasteiger partial charge in [-0.05, 0) is 22.0 Å². The van der Waals surface area contributed by atoms with E-state index in [1.54, 1.807) is 5.32 Å². The summed E-state index contributed by atoms with van der Waals surface area (Å²) in [6.45, 7) is 0.